The number of benzene rings is 1. The number of methoxy groups -OCH3 is 1. The molecule has 1 aromatic carbocycles. The molecule has 6 nitrogen and oxygen atoms in total. The van der Waals surface area contributed by atoms with Gasteiger partial charge in [0.2, 0.25) is 0 Å². The Morgan fingerprint density at radius 2 is 2.03 bits per heavy atom. The largest absolute Gasteiger partial charge is 0.390 e. The van der Waals surface area contributed by atoms with Gasteiger partial charge in [-0.2, -0.15) is 0 Å². The Bertz CT molecular complexity index is 964. The Labute approximate surface area is 190 Å². The van der Waals surface area contributed by atoms with Crippen molar-refractivity contribution in [3.8, 4) is 0 Å². The molecule has 2 aliphatic rings. The molecule has 4 rings (SSSR count). The Hall–Kier alpha value is -1.70. The van der Waals surface area contributed by atoms with E-state index in [0.717, 1.165) is 18.5 Å². The summed E-state index contributed by atoms with van der Waals surface area (Å²) < 4.78 is 5.64. The molecule has 6 heteroatoms. The number of piperidine rings is 1. The van der Waals surface area contributed by atoms with Crippen LogP contribution in [0.3, 0.4) is 0 Å². The number of nitrogens with zero attached hydrogens (tertiary/aromatic N) is 1. The Balaban J connectivity index is 1.65. The van der Waals surface area contributed by atoms with Crippen LogP contribution in [-0.4, -0.2) is 74.9 Å². The molecule has 1 aliphatic heterocycles. The summed E-state index contributed by atoms with van der Waals surface area (Å²) >= 11 is 0. The second kappa shape index (κ2) is 8.92. The molecular weight excluding hydrogens is 404 g/mol. The first-order valence-electron chi connectivity index (χ1n) is 11.8. The number of rotatable bonds is 6. The number of β-amino-alcohol motifs (C(OH)–C–C–N with tert-alkyl or cyclic N) is 1. The Morgan fingerprint density at radius 3 is 2.75 bits per heavy atom. The zero-order chi connectivity index (χ0) is 23.1. The molecule has 1 aliphatic carbocycles. The minimum absolute atomic E-state index is 0.184. The highest BCUT2D eigenvalue weighted by atomic mass is 16.5. The van der Waals surface area contributed by atoms with Crippen LogP contribution in [0.2, 0.25) is 0 Å². The molecule has 1 saturated heterocycles. The predicted molar refractivity (Wildman–Crippen MR) is 127 cm³/mol. The number of likely N-dealkylation sites (tertiary alicyclic amines) is 1. The molecule has 4 N–H and O–H groups in total. The van der Waals surface area contributed by atoms with Gasteiger partial charge in [-0.3, -0.25) is 4.90 Å². The van der Waals surface area contributed by atoms with E-state index in [0.29, 0.717) is 25.8 Å². The summed E-state index contributed by atoms with van der Waals surface area (Å²) in [6.07, 6.45) is 5.37. The standard InChI is InChI=1S/C26H38N2O4/c1-17(2)9-10-22-25(3,30)24-23(32-4)21(29)11-13-26(24,31)16-28(22)14-12-18-15-27-20-8-6-5-7-19(18)20/h5-9,15,21-24,27,29-31H,10-14,16H2,1-4H3/t21-,22+,23-,24-,25+,26+/m1/s1. The number of aliphatic hydroxyl groups is 3. The molecule has 176 valence electrons. The molecule has 0 unspecified atom stereocenters. The van der Waals surface area contributed by atoms with E-state index in [4.69, 9.17) is 4.74 Å². The normalized spacial score (nSPS) is 35.6. The molecular formula is C26H38N2O4. The quantitative estimate of drug-likeness (QED) is 0.517. The van der Waals surface area contributed by atoms with Crippen LogP contribution in [0, 0.1) is 5.92 Å². The highest BCUT2D eigenvalue weighted by molar-refractivity contribution is 5.83. The maximum absolute atomic E-state index is 11.9. The lowest BCUT2D eigenvalue weighted by molar-refractivity contribution is -0.265. The Kier molecular flexibility index (Phi) is 6.54. The number of aliphatic hydroxyl groups excluding tert-OH is 1. The van der Waals surface area contributed by atoms with Gasteiger partial charge in [0.05, 0.1) is 23.4 Å². The zero-order valence-electron chi connectivity index (χ0n) is 19.7. The second-order valence-corrected chi connectivity index (χ2v) is 10.2. The molecule has 6 atom stereocenters. The van der Waals surface area contributed by atoms with E-state index >= 15 is 0 Å². The van der Waals surface area contributed by atoms with E-state index in [2.05, 4.69) is 54.2 Å². The molecule has 1 aromatic heterocycles. The first kappa shape index (κ1) is 23.5. The summed E-state index contributed by atoms with van der Waals surface area (Å²) in [7, 11) is 1.56. The van der Waals surface area contributed by atoms with E-state index in [-0.39, 0.29) is 6.04 Å². The van der Waals surface area contributed by atoms with Crippen molar-refractivity contribution in [2.75, 3.05) is 20.2 Å². The summed E-state index contributed by atoms with van der Waals surface area (Å²) in [6, 6.07) is 8.10. The molecule has 1 saturated carbocycles. The van der Waals surface area contributed by atoms with Crippen molar-refractivity contribution < 1.29 is 20.1 Å². The van der Waals surface area contributed by atoms with Gasteiger partial charge in [-0.15, -0.1) is 0 Å². The van der Waals surface area contributed by atoms with Gasteiger partial charge >= 0.3 is 0 Å². The first-order chi connectivity index (χ1) is 15.2. The number of allylic oxidation sites excluding steroid dienone is 1. The van der Waals surface area contributed by atoms with Gasteiger partial charge in [-0.25, -0.2) is 0 Å². The number of para-hydroxylation sites is 1. The SMILES string of the molecule is CO[C@@H]1[C@H](O)CC[C@]2(O)CN(CCc3c[nH]c4ccccc34)[C@@H](CC=C(C)C)[C@](C)(O)[C@@H]12. The van der Waals surface area contributed by atoms with Crippen molar-refractivity contribution in [2.45, 2.75) is 75.9 Å². The molecule has 2 heterocycles. The zero-order valence-corrected chi connectivity index (χ0v) is 19.7. The third kappa shape index (κ3) is 4.15. The van der Waals surface area contributed by atoms with Crippen molar-refractivity contribution in [3.63, 3.8) is 0 Å². The van der Waals surface area contributed by atoms with Gasteiger partial charge in [0.25, 0.3) is 0 Å². The molecule has 0 amide bonds. The van der Waals surface area contributed by atoms with E-state index in [1.165, 1.54) is 16.5 Å². The predicted octanol–water partition coefficient (Wildman–Crippen LogP) is 3.02. The topological polar surface area (TPSA) is 89.0 Å². The fourth-order valence-corrected chi connectivity index (χ4v) is 6.20. The lowest BCUT2D eigenvalue weighted by Gasteiger charge is -2.61. The average Bonchev–Trinajstić information content (AvgIpc) is 3.15. The third-order valence-corrected chi connectivity index (χ3v) is 7.75. The van der Waals surface area contributed by atoms with Crippen molar-refractivity contribution in [2.24, 2.45) is 5.92 Å². The molecule has 2 aromatic rings. The fraction of sp³-hybridized carbons (Fsp3) is 0.615. The molecule has 0 bridgehead atoms. The Morgan fingerprint density at radius 1 is 1.28 bits per heavy atom. The van der Waals surface area contributed by atoms with Gasteiger partial charge in [0.15, 0.2) is 0 Å². The van der Waals surface area contributed by atoms with Crippen LogP contribution in [-0.2, 0) is 11.2 Å². The van der Waals surface area contributed by atoms with Crippen LogP contribution < -0.4 is 0 Å². The van der Waals surface area contributed by atoms with Crippen LogP contribution in [0.4, 0.5) is 0 Å². The maximum atomic E-state index is 11.9. The molecule has 0 spiro atoms. The highest BCUT2D eigenvalue weighted by Gasteiger charge is 2.62. The number of hydrogen-bond acceptors (Lipinski definition) is 5. The number of nitrogens with one attached hydrogen (secondary N) is 1. The van der Waals surface area contributed by atoms with Crippen LogP contribution in [0.1, 0.15) is 45.6 Å². The van der Waals surface area contributed by atoms with E-state index in [1.807, 2.05) is 13.0 Å². The number of hydrogen-bond donors (Lipinski definition) is 4. The van der Waals surface area contributed by atoms with Crippen molar-refractivity contribution in [1.82, 2.24) is 9.88 Å². The number of H-pyrrole nitrogens is 1. The summed E-state index contributed by atoms with van der Waals surface area (Å²) in [5.41, 5.74) is 1.23. The fourth-order valence-electron chi connectivity index (χ4n) is 6.20. The van der Waals surface area contributed by atoms with Crippen LogP contribution in [0.25, 0.3) is 10.9 Å². The second-order valence-electron chi connectivity index (χ2n) is 10.2. The maximum Gasteiger partial charge on any atom is 0.0914 e. The monoisotopic (exact) mass is 442 g/mol. The van der Waals surface area contributed by atoms with Crippen molar-refractivity contribution in [1.29, 1.82) is 0 Å². The highest BCUT2D eigenvalue weighted by Crippen LogP contribution is 2.49. The molecule has 2 fully saturated rings. The summed E-state index contributed by atoms with van der Waals surface area (Å²) in [5, 5.41) is 35.4. The summed E-state index contributed by atoms with van der Waals surface area (Å²) in [5.74, 6) is -0.552. The van der Waals surface area contributed by atoms with Gasteiger partial charge in [-0.1, -0.05) is 29.8 Å². The van der Waals surface area contributed by atoms with E-state index in [9.17, 15) is 15.3 Å². The van der Waals surface area contributed by atoms with Crippen LogP contribution >= 0.6 is 0 Å². The third-order valence-electron chi connectivity index (χ3n) is 7.75. The van der Waals surface area contributed by atoms with Gasteiger partial charge in [-0.05, 0) is 58.1 Å². The number of aromatic amines is 1. The number of fused-ring (bicyclic) bond motifs is 2. The lowest BCUT2D eigenvalue weighted by atomic mass is 9.59. The number of aromatic nitrogens is 1. The van der Waals surface area contributed by atoms with Crippen molar-refractivity contribution in [3.05, 3.63) is 47.7 Å². The minimum atomic E-state index is -1.22. The van der Waals surface area contributed by atoms with Gasteiger partial charge in [0.1, 0.15) is 0 Å². The van der Waals surface area contributed by atoms with Crippen molar-refractivity contribution >= 4 is 10.9 Å². The first-order valence-corrected chi connectivity index (χ1v) is 11.8. The summed E-state index contributed by atoms with van der Waals surface area (Å²) in [4.78, 5) is 5.60. The van der Waals surface area contributed by atoms with Crippen LogP contribution in [0.5, 0.6) is 0 Å². The van der Waals surface area contributed by atoms with Gasteiger partial charge < -0.3 is 25.0 Å². The number of ether oxygens (including phenoxy) is 1. The average molecular weight is 443 g/mol. The van der Waals surface area contributed by atoms with Gasteiger partial charge in [0, 0.05) is 49.3 Å². The van der Waals surface area contributed by atoms with E-state index < -0.39 is 29.3 Å². The summed E-state index contributed by atoms with van der Waals surface area (Å²) in [6.45, 7) is 7.13. The molecule has 0 radical (unpaired) electrons. The lowest BCUT2D eigenvalue weighted by Crippen LogP contribution is -2.75. The van der Waals surface area contributed by atoms with Crippen LogP contribution in [0.15, 0.2) is 42.1 Å². The smallest absolute Gasteiger partial charge is 0.0914 e. The molecule has 32 heavy (non-hydrogen) atoms. The van der Waals surface area contributed by atoms with E-state index in [1.54, 1.807) is 7.11 Å². The minimum Gasteiger partial charge on any atom is -0.390 e.